The second-order valence-electron chi connectivity index (χ2n) is 6.46. The number of hydrogen-bond donors (Lipinski definition) is 1. The predicted octanol–water partition coefficient (Wildman–Crippen LogP) is 2.82. The van der Waals surface area contributed by atoms with Crippen LogP contribution in [-0.2, 0) is 11.3 Å². The van der Waals surface area contributed by atoms with E-state index in [9.17, 15) is 4.79 Å². The minimum Gasteiger partial charge on any atom is -0.383 e. The number of aromatic nitrogens is 4. The topological polar surface area (TPSA) is 73.4 Å². The highest BCUT2D eigenvalue weighted by Crippen LogP contribution is 2.19. The number of amides is 1. The summed E-state index contributed by atoms with van der Waals surface area (Å²) in [4.78, 5) is 12.8. The third-order valence-electron chi connectivity index (χ3n) is 4.65. The fourth-order valence-electron chi connectivity index (χ4n) is 3.21. The summed E-state index contributed by atoms with van der Waals surface area (Å²) < 4.78 is 9.12. The van der Waals surface area contributed by atoms with Crippen molar-refractivity contribution in [2.45, 2.75) is 19.5 Å². The Bertz CT molecular complexity index is 1100. The number of ether oxygens (including phenoxy) is 1. The van der Waals surface area contributed by atoms with Gasteiger partial charge in [0.25, 0.3) is 5.91 Å². The van der Waals surface area contributed by atoms with Crippen LogP contribution in [0.4, 0.5) is 0 Å². The molecule has 1 aromatic carbocycles. The molecule has 0 saturated heterocycles. The van der Waals surface area contributed by atoms with Crippen molar-refractivity contribution in [2.75, 3.05) is 13.7 Å². The standard InChI is InChI=1S/C20H21N5O2/c1-14(19-23-22-18-5-3-4-9-25(18)19)21-20(26)16-7-6-15-8-10-24(11-12-27-2)17(15)13-16/h3-10,13-14H,11-12H2,1-2H3,(H,21,26). The van der Waals surface area contributed by atoms with Gasteiger partial charge in [0.05, 0.1) is 12.6 Å². The average Bonchev–Trinajstić information content (AvgIpc) is 3.30. The molecule has 27 heavy (non-hydrogen) atoms. The van der Waals surface area contributed by atoms with Crippen molar-refractivity contribution >= 4 is 22.5 Å². The molecule has 4 rings (SSSR count). The molecule has 7 heteroatoms. The monoisotopic (exact) mass is 363 g/mol. The van der Waals surface area contributed by atoms with Crippen molar-refractivity contribution in [1.82, 2.24) is 24.5 Å². The molecular formula is C20H21N5O2. The normalized spacial score (nSPS) is 12.5. The summed E-state index contributed by atoms with van der Waals surface area (Å²) in [5, 5.41) is 12.5. The van der Waals surface area contributed by atoms with Gasteiger partial charge in [-0.15, -0.1) is 10.2 Å². The van der Waals surface area contributed by atoms with Crippen LogP contribution in [0.5, 0.6) is 0 Å². The number of carbonyl (C=O) groups is 1. The Morgan fingerprint density at radius 2 is 2.07 bits per heavy atom. The van der Waals surface area contributed by atoms with Gasteiger partial charge in [0, 0.05) is 37.1 Å². The molecule has 0 bridgehead atoms. The van der Waals surface area contributed by atoms with E-state index < -0.39 is 0 Å². The Balaban J connectivity index is 1.57. The third-order valence-corrected chi connectivity index (χ3v) is 4.65. The van der Waals surface area contributed by atoms with Gasteiger partial charge in [0.15, 0.2) is 11.5 Å². The van der Waals surface area contributed by atoms with E-state index in [1.807, 2.05) is 66.2 Å². The molecule has 0 fully saturated rings. The second-order valence-corrected chi connectivity index (χ2v) is 6.46. The van der Waals surface area contributed by atoms with Gasteiger partial charge in [-0.3, -0.25) is 9.20 Å². The SMILES string of the molecule is COCCn1ccc2ccc(C(=O)NC(C)c3nnc4ccccn34)cc21. The van der Waals surface area contributed by atoms with Gasteiger partial charge in [-0.05, 0) is 42.6 Å². The quantitative estimate of drug-likeness (QED) is 0.572. The molecule has 4 aromatic rings. The fourth-order valence-corrected chi connectivity index (χ4v) is 3.21. The number of rotatable bonds is 6. The van der Waals surface area contributed by atoms with Crippen LogP contribution in [0.25, 0.3) is 16.6 Å². The van der Waals surface area contributed by atoms with Crippen LogP contribution in [0.2, 0.25) is 0 Å². The molecule has 3 heterocycles. The van der Waals surface area contributed by atoms with E-state index in [1.54, 1.807) is 7.11 Å². The van der Waals surface area contributed by atoms with Crippen LogP contribution in [0.3, 0.4) is 0 Å². The van der Waals surface area contributed by atoms with E-state index >= 15 is 0 Å². The minimum absolute atomic E-state index is 0.142. The molecule has 0 aliphatic heterocycles. The molecule has 7 nitrogen and oxygen atoms in total. The van der Waals surface area contributed by atoms with Crippen molar-refractivity contribution in [3.8, 4) is 0 Å². The Labute approximate surface area is 156 Å². The van der Waals surface area contributed by atoms with Gasteiger partial charge in [0.1, 0.15) is 0 Å². The zero-order valence-corrected chi connectivity index (χ0v) is 15.3. The molecule has 1 unspecified atom stereocenters. The smallest absolute Gasteiger partial charge is 0.251 e. The van der Waals surface area contributed by atoms with Crippen LogP contribution in [-0.4, -0.2) is 38.8 Å². The van der Waals surface area contributed by atoms with E-state index in [0.29, 0.717) is 18.0 Å². The van der Waals surface area contributed by atoms with Crippen LogP contribution in [0, 0.1) is 0 Å². The van der Waals surface area contributed by atoms with E-state index in [4.69, 9.17) is 4.74 Å². The van der Waals surface area contributed by atoms with Crippen molar-refractivity contribution in [3.05, 3.63) is 66.2 Å². The maximum Gasteiger partial charge on any atom is 0.251 e. The van der Waals surface area contributed by atoms with Gasteiger partial charge in [-0.25, -0.2) is 0 Å². The zero-order valence-electron chi connectivity index (χ0n) is 15.3. The molecule has 0 radical (unpaired) electrons. The van der Waals surface area contributed by atoms with Crippen LogP contribution in [0.1, 0.15) is 29.1 Å². The Morgan fingerprint density at radius 3 is 2.93 bits per heavy atom. The minimum atomic E-state index is -0.272. The lowest BCUT2D eigenvalue weighted by Gasteiger charge is -2.13. The molecule has 1 atom stereocenters. The number of fused-ring (bicyclic) bond motifs is 2. The number of nitrogens with zero attached hydrogens (tertiary/aromatic N) is 4. The summed E-state index contributed by atoms with van der Waals surface area (Å²) in [5.74, 6) is 0.556. The van der Waals surface area contributed by atoms with Crippen LogP contribution >= 0.6 is 0 Å². The largest absolute Gasteiger partial charge is 0.383 e. The van der Waals surface area contributed by atoms with E-state index in [0.717, 1.165) is 23.1 Å². The second kappa shape index (κ2) is 7.20. The summed E-state index contributed by atoms with van der Waals surface area (Å²) in [6.07, 6.45) is 3.90. The number of nitrogens with one attached hydrogen (secondary N) is 1. The first-order valence-electron chi connectivity index (χ1n) is 8.86. The highest BCUT2D eigenvalue weighted by molar-refractivity contribution is 5.98. The van der Waals surface area contributed by atoms with Gasteiger partial charge in [0.2, 0.25) is 0 Å². The third kappa shape index (κ3) is 3.29. The summed E-state index contributed by atoms with van der Waals surface area (Å²) in [6, 6.07) is 13.2. The van der Waals surface area contributed by atoms with Crippen molar-refractivity contribution in [3.63, 3.8) is 0 Å². The molecule has 0 saturated carbocycles. The molecule has 1 amide bonds. The summed E-state index contributed by atoms with van der Waals surface area (Å²) in [6.45, 7) is 3.27. The molecule has 0 aliphatic rings. The van der Waals surface area contributed by atoms with Crippen molar-refractivity contribution in [1.29, 1.82) is 0 Å². The van der Waals surface area contributed by atoms with E-state index in [2.05, 4.69) is 20.1 Å². The Kier molecular flexibility index (Phi) is 4.60. The predicted molar refractivity (Wildman–Crippen MR) is 103 cm³/mol. The van der Waals surface area contributed by atoms with Gasteiger partial charge >= 0.3 is 0 Å². The zero-order chi connectivity index (χ0) is 18.8. The number of benzene rings is 1. The lowest BCUT2D eigenvalue weighted by Crippen LogP contribution is -2.28. The first kappa shape index (κ1) is 17.2. The molecule has 138 valence electrons. The molecule has 0 spiro atoms. The number of hydrogen-bond acceptors (Lipinski definition) is 4. The van der Waals surface area contributed by atoms with Crippen molar-refractivity contribution in [2.24, 2.45) is 0 Å². The van der Waals surface area contributed by atoms with Gasteiger partial charge < -0.3 is 14.6 Å². The summed E-state index contributed by atoms with van der Waals surface area (Å²) in [7, 11) is 1.68. The lowest BCUT2D eigenvalue weighted by molar-refractivity contribution is 0.0938. The highest BCUT2D eigenvalue weighted by Gasteiger charge is 2.17. The molecular weight excluding hydrogens is 342 g/mol. The first-order chi connectivity index (χ1) is 13.2. The molecule has 0 aliphatic carbocycles. The molecule has 3 aromatic heterocycles. The van der Waals surface area contributed by atoms with Crippen LogP contribution < -0.4 is 5.32 Å². The van der Waals surface area contributed by atoms with Crippen molar-refractivity contribution < 1.29 is 9.53 Å². The van der Waals surface area contributed by atoms with E-state index in [-0.39, 0.29) is 11.9 Å². The van der Waals surface area contributed by atoms with Gasteiger partial charge in [-0.2, -0.15) is 0 Å². The number of pyridine rings is 1. The van der Waals surface area contributed by atoms with Gasteiger partial charge in [-0.1, -0.05) is 12.1 Å². The van der Waals surface area contributed by atoms with E-state index in [1.165, 1.54) is 0 Å². The fraction of sp³-hybridized carbons (Fsp3) is 0.250. The Morgan fingerprint density at radius 1 is 1.19 bits per heavy atom. The van der Waals surface area contributed by atoms with Crippen LogP contribution in [0.15, 0.2) is 54.9 Å². The Hall–Kier alpha value is -3.19. The number of methoxy groups -OCH3 is 1. The number of carbonyl (C=O) groups excluding carboxylic acids is 1. The molecule has 1 N–H and O–H groups in total. The highest BCUT2D eigenvalue weighted by atomic mass is 16.5. The maximum atomic E-state index is 12.8. The first-order valence-corrected chi connectivity index (χ1v) is 8.86. The summed E-state index contributed by atoms with van der Waals surface area (Å²) >= 11 is 0. The summed E-state index contributed by atoms with van der Waals surface area (Å²) in [5.41, 5.74) is 2.38. The maximum absolute atomic E-state index is 12.8. The lowest BCUT2D eigenvalue weighted by atomic mass is 10.1. The average molecular weight is 363 g/mol.